The van der Waals surface area contributed by atoms with Crippen molar-refractivity contribution in [3.05, 3.63) is 0 Å². The van der Waals surface area contributed by atoms with Crippen molar-refractivity contribution < 1.29 is 9.53 Å². The van der Waals surface area contributed by atoms with Crippen LogP contribution in [0.5, 0.6) is 0 Å². The van der Waals surface area contributed by atoms with Gasteiger partial charge in [0.2, 0.25) is 0 Å². The molecule has 2 saturated heterocycles. The number of piperidine rings is 1. The highest BCUT2D eigenvalue weighted by atomic mass is 127. The molecule has 0 aliphatic carbocycles. The van der Waals surface area contributed by atoms with Gasteiger partial charge in [-0.2, -0.15) is 0 Å². The second-order valence-electron chi connectivity index (χ2n) is 7.26. The molecule has 0 aromatic carbocycles. The number of likely N-dealkylation sites (N-methyl/N-ethyl adjacent to an activating group) is 1. The van der Waals surface area contributed by atoms with Crippen molar-refractivity contribution in [1.82, 2.24) is 20.0 Å². The smallest absolute Gasteiger partial charge is 0.309 e. The zero-order valence-electron chi connectivity index (χ0n) is 17.4. The summed E-state index contributed by atoms with van der Waals surface area (Å²) in [6.07, 6.45) is 1.68. The lowest BCUT2D eigenvalue weighted by atomic mass is 9.97. The summed E-state index contributed by atoms with van der Waals surface area (Å²) in [7, 11) is 1.84. The molecule has 2 rings (SSSR count). The van der Waals surface area contributed by atoms with Crippen molar-refractivity contribution in [2.75, 3.05) is 66.0 Å². The topological polar surface area (TPSA) is 60.4 Å². The Morgan fingerprint density at radius 3 is 2.30 bits per heavy atom. The molecule has 0 amide bonds. The number of hydrogen-bond donors (Lipinski definition) is 1. The number of carbonyl (C=O) groups is 1. The van der Waals surface area contributed by atoms with Crippen LogP contribution in [-0.4, -0.2) is 98.7 Å². The first kappa shape index (κ1) is 24.4. The van der Waals surface area contributed by atoms with Crippen LogP contribution in [0.1, 0.15) is 33.6 Å². The number of nitrogens with one attached hydrogen (secondary N) is 1. The summed E-state index contributed by atoms with van der Waals surface area (Å²) in [6, 6.07) is 0.489. The lowest BCUT2D eigenvalue weighted by molar-refractivity contribution is -0.149. The minimum absolute atomic E-state index is 0. The van der Waals surface area contributed by atoms with Crippen molar-refractivity contribution in [1.29, 1.82) is 0 Å². The monoisotopic (exact) mass is 495 g/mol. The molecule has 2 heterocycles. The van der Waals surface area contributed by atoms with Gasteiger partial charge < -0.3 is 19.9 Å². The molecule has 27 heavy (non-hydrogen) atoms. The van der Waals surface area contributed by atoms with Gasteiger partial charge in [0.05, 0.1) is 12.5 Å². The molecule has 2 aliphatic heterocycles. The van der Waals surface area contributed by atoms with Crippen molar-refractivity contribution in [3.63, 3.8) is 0 Å². The van der Waals surface area contributed by atoms with Crippen LogP contribution in [0.2, 0.25) is 0 Å². The number of aliphatic imine (C=N–C) groups is 1. The Morgan fingerprint density at radius 2 is 1.78 bits per heavy atom. The van der Waals surface area contributed by atoms with Crippen molar-refractivity contribution in [2.24, 2.45) is 10.9 Å². The minimum atomic E-state index is -0.0464. The van der Waals surface area contributed by atoms with E-state index in [1.54, 1.807) is 0 Å². The third kappa shape index (κ3) is 7.38. The number of guanidine groups is 1. The van der Waals surface area contributed by atoms with E-state index in [0.29, 0.717) is 12.6 Å². The second-order valence-corrected chi connectivity index (χ2v) is 7.26. The highest BCUT2D eigenvalue weighted by molar-refractivity contribution is 14.0. The summed E-state index contributed by atoms with van der Waals surface area (Å²) in [6.45, 7) is 15.2. The van der Waals surface area contributed by atoms with Crippen molar-refractivity contribution in [3.8, 4) is 0 Å². The standard InChI is InChI=1S/C19H37N5O2.HI/c1-5-22-11-13-23(14-12-22)16(3)15-21-19(20-4)24-9-7-17(8-10-24)18(25)26-6-2;/h16-17H,5-15H2,1-4H3,(H,20,21);1H. The SMILES string of the molecule is CCOC(=O)C1CCN(C(=NC)NCC(C)N2CCN(CC)CC2)CC1.I. The average Bonchev–Trinajstić information content (AvgIpc) is 2.69. The van der Waals surface area contributed by atoms with Gasteiger partial charge in [-0.3, -0.25) is 14.7 Å². The molecule has 2 aliphatic rings. The fourth-order valence-electron chi connectivity index (χ4n) is 3.81. The third-order valence-corrected chi connectivity index (χ3v) is 5.66. The van der Waals surface area contributed by atoms with Crippen LogP contribution in [0.25, 0.3) is 0 Å². The van der Waals surface area contributed by atoms with Gasteiger partial charge in [0.25, 0.3) is 0 Å². The summed E-state index contributed by atoms with van der Waals surface area (Å²) in [5.41, 5.74) is 0. The van der Waals surface area contributed by atoms with Crippen LogP contribution in [0.15, 0.2) is 4.99 Å². The molecule has 158 valence electrons. The van der Waals surface area contributed by atoms with Crippen LogP contribution in [0.4, 0.5) is 0 Å². The Morgan fingerprint density at radius 1 is 1.15 bits per heavy atom. The van der Waals surface area contributed by atoms with Gasteiger partial charge in [-0.25, -0.2) is 0 Å². The van der Waals surface area contributed by atoms with E-state index in [1.165, 1.54) is 0 Å². The summed E-state index contributed by atoms with van der Waals surface area (Å²) in [4.78, 5) is 23.7. The van der Waals surface area contributed by atoms with Gasteiger partial charge in [-0.15, -0.1) is 24.0 Å². The Hall–Kier alpha value is -0.610. The van der Waals surface area contributed by atoms with Gasteiger partial charge in [-0.1, -0.05) is 6.92 Å². The second kappa shape index (κ2) is 12.8. The van der Waals surface area contributed by atoms with Gasteiger partial charge in [-0.05, 0) is 33.2 Å². The fourth-order valence-corrected chi connectivity index (χ4v) is 3.81. The highest BCUT2D eigenvalue weighted by Gasteiger charge is 2.28. The molecular formula is C19H38IN5O2. The predicted molar refractivity (Wildman–Crippen MR) is 121 cm³/mol. The number of esters is 1. The molecule has 0 spiro atoms. The molecule has 0 bridgehead atoms. The molecule has 1 atom stereocenters. The maximum absolute atomic E-state index is 11.9. The van der Waals surface area contributed by atoms with Crippen LogP contribution in [0, 0.1) is 5.92 Å². The van der Waals surface area contributed by atoms with Crippen molar-refractivity contribution in [2.45, 2.75) is 39.7 Å². The van der Waals surface area contributed by atoms with Gasteiger partial charge in [0.1, 0.15) is 0 Å². The van der Waals surface area contributed by atoms with Crippen LogP contribution in [0.3, 0.4) is 0 Å². The summed E-state index contributed by atoms with van der Waals surface area (Å²) < 4.78 is 5.15. The first-order valence-corrected chi connectivity index (χ1v) is 10.2. The van der Waals surface area contributed by atoms with E-state index in [4.69, 9.17) is 4.74 Å². The molecule has 0 saturated carbocycles. The van der Waals surface area contributed by atoms with E-state index in [-0.39, 0.29) is 35.9 Å². The molecule has 2 fully saturated rings. The number of ether oxygens (including phenoxy) is 1. The molecule has 0 aromatic rings. The molecule has 0 radical (unpaired) electrons. The number of hydrogen-bond acceptors (Lipinski definition) is 5. The van der Waals surface area contributed by atoms with Gasteiger partial charge in [0.15, 0.2) is 5.96 Å². The Kier molecular flexibility index (Phi) is 11.6. The molecule has 8 heteroatoms. The normalized spacial score (nSPS) is 21.5. The summed E-state index contributed by atoms with van der Waals surface area (Å²) in [5.74, 6) is 0.944. The Labute approximate surface area is 181 Å². The first-order chi connectivity index (χ1) is 12.6. The number of likely N-dealkylation sites (tertiary alicyclic amines) is 1. The molecule has 7 nitrogen and oxygen atoms in total. The zero-order chi connectivity index (χ0) is 18.9. The zero-order valence-corrected chi connectivity index (χ0v) is 19.8. The van der Waals surface area contributed by atoms with Crippen LogP contribution in [-0.2, 0) is 9.53 Å². The highest BCUT2D eigenvalue weighted by Crippen LogP contribution is 2.18. The number of carbonyl (C=O) groups excluding carboxylic acids is 1. The number of halogens is 1. The minimum Gasteiger partial charge on any atom is -0.466 e. The van der Waals surface area contributed by atoms with E-state index < -0.39 is 0 Å². The molecule has 0 aromatic heterocycles. The lowest BCUT2D eigenvalue weighted by Crippen LogP contribution is -2.54. The van der Waals surface area contributed by atoms with E-state index in [0.717, 1.165) is 71.2 Å². The summed E-state index contributed by atoms with van der Waals surface area (Å²) >= 11 is 0. The van der Waals surface area contributed by atoms with Crippen LogP contribution >= 0.6 is 24.0 Å². The quantitative estimate of drug-likeness (QED) is 0.261. The largest absolute Gasteiger partial charge is 0.466 e. The maximum atomic E-state index is 11.9. The lowest BCUT2D eigenvalue weighted by Gasteiger charge is -2.38. The Bertz CT molecular complexity index is 461. The summed E-state index contributed by atoms with van der Waals surface area (Å²) in [5, 5.41) is 3.54. The fraction of sp³-hybridized carbons (Fsp3) is 0.895. The Balaban J connectivity index is 0.00000364. The van der Waals surface area contributed by atoms with Crippen molar-refractivity contribution >= 4 is 35.9 Å². The van der Waals surface area contributed by atoms with E-state index in [9.17, 15) is 4.79 Å². The van der Waals surface area contributed by atoms with Crippen LogP contribution < -0.4 is 5.32 Å². The molecular weight excluding hydrogens is 457 g/mol. The van der Waals surface area contributed by atoms with Gasteiger partial charge >= 0.3 is 5.97 Å². The number of nitrogens with zero attached hydrogens (tertiary/aromatic N) is 4. The molecule has 1 unspecified atom stereocenters. The molecule has 1 N–H and O–H groups in total. The predicted octanol–water partition coefficient (Wildman–Crippen LogP) is 1.48. The third-order valence-electron chi connectivity index (χ3n) is 5.66. The number of piperazine rings is 1. The maximum Gasteiger partial charge on any atom is 0.309 e. The first-order valence-electron chi connectivity index (χ1n) is 10.2. The number of rotatable bonds is 6. The van der Waals surface area contributed by atoms with Gasteiger partial charge in [0, 0.05) is 58.9 Å². The average molecular weight is 495 g/mol. The van der Waals surface area contributed by atoms with E-state index in [2.05, 4.69) is 38.9 Å². The van der Waals surface area contributed by atoms with E-state index in [1.807, 2.05) is 14.0 Å². The van der Waals surface area contributed by atoms with E-state index >= 15 is 0 Å².